The number of piperidine rings is 1. The predicted octanol–water partition coefficient (Wildman–Crippen LogP) is 2.80. The monoisotopic (exact) mass is 399 g/mol. The molecule has 0 aromatic heterocycles. The fourth-order valence-corrected chi connectivity index (χ4v) is 4.11. The van der Waals surface area contributed by atoms with Crippen LogP contribution in [0.3, 0.4) is 0 Å². The van der Waals surface area contributed by atoms with Crippen molar-refractivity contribution in [2.24, 2.45) is 11.8 Å². The van der Waals surface area contributed by atoms with E-state index >= 15 is 0 Å². The third-order valence-electron chi connectivity index (χ3n) is 4.75. The fraction of sp³-hybridized carbons (Fsp3) is 0.941. The van der Waals surface area contributed by atoms with Crippen molar-refractivity contribution in [2.45, 2.75) is 45.6 Å². The Morgan fingerprint density at radius 1 is 1.29 bits per heavy atom. The highest BCUT2D eigenvalue weighted by molar-refractivity contribution is 7.99. The van der Waals surface area contributed by atoms with Crippen molar-refractivity contribution in [3.8, 4) is 0 Å². The molecule has 2 rings (SSSR count). The number of hydrogen-bond donors (Lipinski definition) is 2. The van der Waals surface area contributed by atoms with Crippen molar-refractivity contribution in [2.75, 3.05) is 44.2 Å². The van der Waals surface area contributed by atoms with E-state index in [1.165, 1.54) is 44.6 Å². The highest BCUT2D eigenvalue weighted by Crippen LogP contribution is 2.17. The smallest absolute Gasteiger partial charge is 0.221 e. The van der Waals surface area contributed by atoms with E-state index in [-0.39, 0.29) is 30.7 Å². The van der Waals surface area contributed by atoms with Gasteiger partial charge in [-0.2, -0.15) is 11.8 Å². The number of rotatable bonds is 7. The molecular weight excluding hydrogens is 365 g/mol. The molecule has 1 amide bonds. The number of amides is 1. The highest BCUT2D eigenvalue weighted by Gasteiger charge is 2.21. The van der Waals surface area contributed by atoms with Gasteiger partial charge in [0.15, 0.2) is 0 Å². The van der Waals surface area contributed by atoms with E-state index in [2.05, 4.69) is 29.4 Å². The van der Waals surface area contributed by atoms with E-state index in [1.54, 1.807) is 0 Å². The molecule has 144 valence electrons. The molecule has 0 radical (unpaired) electrons. The Bertz CT molecular complexity index is 334. The van der Waals surface area contributed by atoms with Gasteiger partial charge in [-0.3, -0.25) is 4.79 Å². The first-order valence-electron chi connectivity index (χ1n) is 8.93. The average molecular weight is 400 g/mol. The Balaban J connectivity index is 0.00000264. The zero-order valence-electron chi connectivity index (χ0n) is 15.1. The van der Waals surface area contributed by atoms with Crippen molar-refractivity contribution in [3.05, 3.63) is 0 Å². The van der Waals surface area contributed by atoms with Gasteiger partial charge in [0.1, 0.15) is 0 Å². The van der Waals surface area contributed by atoms with Gasteiger partial charge in [0, 0.05) is 37.1 Å². The summed E-state index contributed by atoms with van der Waals surface area (Å²) in [4.78, 5) is 14.6. The molecule has 24 heavy (non-hydrogen) atoms. The third kappa shape index (κ3) is 9.71. The van der Waals surface area contributed by atoms with Gasteiger partial charge in [-0.15, -0.1) is 24.8 Å². The van der Waals surface area contributed by atoms with Crippen LogP contribution in [-0.2, 0) is 4.79 Å². The number of likely N-dealkylation sites (tertiary alicyclic amines) is 1. The molecule has 0 spiro atoms. The summed E-state index contributed by atoms with van der Waals surface area (Å²) in [6.07, 6.45) is 4.40. The van der Waals surface area contributed by atoms with Crippen molar-refractivity contribution in [3.63, 3.8) is 0 Å². The van der Waals surface area contributed by atoms with E-state index in [0.717, 1.165) is 24.8 Å². The second kappa shape index (κ2) is 13.5. The molecule has 7 heteroatoms. The molecule has 0 saturated carbocycles. The maximum absolute atomic E-state index is 12.0. The molecule has 1 unspecified atom stereocenters. The summed E-state index contributed by atoms with van der Waals surface area (Å²) < 4.78 is 0. The third-order valence-corrected chi connectivity index (χ3v) is 5.88. The summed E-state index contributed by atoms with van der Waals surface area (Å²) in [6.45, 7) is 10.1. The van der Waals surface area contributed by atoms with Crippen molar-refractivity contribution in [1.29, 1.82) is 0 Å². The lowest BCUT2D eigenvalue weighted by atomic mass is 9.96. The lowest BCUT2D eigenvalue weighted by Gasteiger charge is -2.32. The van der Waals surface area contributed by atoms with Crippen molar-refractivity contribution in [1.82, 2.24) is 15.5 Å². The first-order chi connectivity index (χ1) is 10.6. The molecule has 0 bridgehead atoms. The maximum atomic E-state index is 12.0. The minimum Gasteiger partial charge on any atom is -0.356 e. The summed E-state index contributed by atoms with van der Waals surface area (Å²) in [5.41, 5.74) is 0. The Morgan fingerprint density at radius 2 is 2.00 bits per heavy atom. The normalized spacial score (nSPS) is 22.5. The van der Waals surface area contributed by atoms with Crippen LogP contribution in [0.5, 0.6) is 0 Å². The van der Waals surface area contributed by atoms with Crippen LogP contribution in [0.1, 0.15) is 39.5 Å². The van der Waals surface area contributed by atoms with Gasteiger partial charge in [0.05, 0.1) is 0 Å². The van der Waals surface area contributed by atoms with Crippen LogP contribution in [0, 0.1) is 11.8 Å². The van der Waals surface area contributed by atoms with Crippen LogP contribution in [0.25, 0.3) is 0 Å². The first kappa shape index (κ1) is 24.3. The molecule has 2 fully saturated rings. The molecule has 1 atom stereocenters. The molecule has 2 heterocycles. The molecule has 2 N–H and O–H groups in total. The lowest BCUT2D eigenvalue weighted by molar-refractivity contribution is -0.121. The number of nitrogens with one attached hydrogen (secondary N) is 2. The molecule has 4 nitrogen and oxygen atoms in total. The Labute approximate surface area is 164 Å². The molecule has 0 aromatic carbocycles. The Kier molecular flexibility index (Phi) is 13.7. The maximum Gasteiger partial charge on any atom is 0.221 e. The predicted molar refractivity (Wildman–Crippen MR) is 110 cm³/mol. The van der Waals surface area contributed by atoms with Crippen LogP contribution in [0.4, 0.5) is 0 Å². The summed E-state index contributed by atoms with van der Waals surface area (Å²) in [5, 5.41) is 6.59. The second-order valence-electron chi connectivity index (χ2n) is 7.20. The van der Waals surface area contributed by atoms with Crippen LogP contribution >= 0.6 is 36.6 Å². The highest BCUT2D eigenvalue weighted by atomic mass is 35.5. The van der Waals surface area contributed by atoms with Gasteiger partial charge in [-0.1, -0.05) is 13.8 Å². The van der Waals surface area contributed by atoms with Gasteiger partial charge < -0.3 is 15.5 Å². The Morgan fingerprint density at radius 3 is 2.58 bits per heavy atom. The summed E-state index contributed by atoms with van der Waals surface area (Å²) in [7, 11) is 0. The standard InChI is InChI=1S/C17H33N3OS.2ClH/c1-14(2)3-7-20-8-4-15(5-9-20)12-19-17(21)11-16-13-22-10-6-18-16;;/h14-16,18H,3-13H2,1-2H3,(H,19,21);2*1H. The molecule has 0 aromatic rings. The fourth-order valence-electron chi connectivity index (χ4n) is 3.16. The number of carbonyl (C=O) groups is 1. The number of carbonyl (C=O) groups excluding carboxylic acids is 1. The number of halogens is 2. The number of hydrogen-bond acceptors (Lipinski definition) is 4. The molecule has 0 aliphatic carbocycles. The van der Waals surface area contributed by atoms with E-state index in [0.29, 0.717) is 18.4 Å². The number of thioether (sulfide) groups is 1. The zero-order valence-corrected chi connectivity index (χ0v) is 17.5. The summed E-state index contributed by atoms with van der Waals surface area (Å²) >= 11 is 1.95. The zero-order chi connectivity index (χ0) is 15.8. The second-order valence-corrected chi connectivity index (χ2v) is 8.35. The van der Waals surface area contributed by atoms with Gasteiger partial charge in [-0.05, 0) is 50.7 Å². The largest absolute Gasteiger partial charge is 0.356 e. The minimum atomic E-state index is 0. The van der Waals surface area contributed by atoms with Gasteiger partial charge >= 0.3 is 0 Å². The topological polar surface area (TPSA) is 44.4 Å². The van der Waals surface area contributed by atoms with Gasteiger partial charge in [0.25, 0.3) is 0 Å². The number of nitrogens with zero attached hydrogens (tertiary/aromatic N) is 1. The lowest BCUT2D eigenvalue weighted by Crippen LogP contribution is -2.43. The van der Waals surface area contributed by atoms with Crippen LogP contribution in [0.2, 0.25) is 0 Å². The Hall–Kier alpha value is 0.320. The average Bonchev–Trinajstić information content (AvgIpc) is 2.53. The van der Waals surface area contributed by atoms with E-state index in [4.69, 9.17) is 0 Å². The summed E-state index contributed by atoms with van der Waals surface area (Å²) in [6, 6.07) is 0.372. The molecule has 2 aliphatic rings. The van der Waals surface area contributed by atoms with Gasteiger partial charge in [0.2, 0.25) is 5.91 Å². The van der Waals surface area contributed by atoms with Crippen molar-refractivity contribution < 1.29 is 4.79 Å². The van der Waals surface area contributed by atoms with Crippen LogP contribution < -0.4 is 10.6 Å². The first-order valence-corrected chi connectivity index (χ1v) is 10.1. The SMILES string of the molecule is CC(C)CCN1CCC(CNC(=O)CC2CSCCN2)CC1.Cl.Cl. The molecule has 2 saturated heterocycles. The van der Waals surface area contributed by atoms with Crippen LogP contribution in [0.15, 0.2) is 0 Å². The van der Waals surface area contributed by atoms with Crippen molar-refractivity contribution >= 4 is 42.5 Å². The van der Waals surface area contributed by atoms with E-state index < -0.39 is 0 Å². The molecule has 2 aliphatic heterocycles. The quantitative estimate of drug-likeness (QED) is 0.690. The van der Waals surface area contributed by atoms with E-state index in [1.807, 2.05) is 11.8 Å². The van der Waals surface area contributed by atoms with Gasteiger partial charge in [-0.25, -0.2) is 0 Å². The minimum absolute atomic E-state index is 0. The van der Waals surface area contributed by atoms with Crippen LogP contribution in [-0.4, -0.2) is 61.1 Å². The van der Waals surface area contributed by atoms with E-state index in [9.17, 15) is 4.79 Å². The molecular formula is C17H35Cl2N3OS. The summed E-state index contributed by atoms with van der Waals surface area (Å²) in [5.74, 6) is 3.94.